The van der Waals surface area contributed by atoms with E-state index in [0.717, 1.165) is 44.1 Å². The molecule has 2 rings (SSSR count). The minimum Gasteiger partial charge on any atom is -0.380 e. The zero-order chi connectivity index (χ0) is 16.5. The van der Waals surface area contributed by atoms with Crippen molar-refractivity contribution in [3.63, 3.8) is 0 Å². The quantitative estimate of drug-likeness (QED) is 0.597. The van der Waals surface area contributed by atoms with Crippen LogP contribution in [0.2, 0.25) is 0 Å². The smallest absolute Gasteiger partial charge is 0.191 e. The first-order valence-corrected chi connectivity index (χ1v) is 8.13. The van der Waals surface area contributed by atoms with Crippen LogP contribution in [0.3, 0.4) is 0 Å². The molecule has 1 aliphatic heterocycles. The van der Waals surface area contributed by atoms with E-state index in [0.29, 0.717) is 12.1 Å². The van der Waals surface area contributed by atoms with Gasteiger partial charge in [0.2, 0.25) is 0 Å². The first-order valence-electron chi connectivity index (χ1n) is 8.13. The summed E-state index contributed by atoms with van der Waals surface area (Å²) in [6.07, 6.45) is 2.47. The maximum atomic E-state index is 13.6. The molecule has 1 fully saturated rings. The highest BCUT2D eigenvalue weighted by molar-refractivity contribution is 5.79. The molecule has 0 radical (unpaired) electrons. The van der Waals surface area contributed by atoms with E-state index in [1.807, 2.05) is 6.92 Å². The zero-order valence-electron chi connectivity index (χ0n) is 13.9. The number of benzene rings is 1. The summed E-state index contributed by atoms with van der Waals surface area (Å²) in [7, 11) is 1.56. The summed E-state index contributed by atoms with van der Waals surface area (Å²) in [5, 5.41) is 6.51. The van der Waals surface area contributed by atoms with E-state index in [-0.39, 0.29) is 18.5 Å². The van der Waals surface area contributed by atoms with Crippen molar-refractivity contribution in [1.82, 2.24) is 10.6 Å². The Kier molecular flexibility index (Phi) is 7.29. The molecule has 0 aromatic heterocycles. The molecule has 0 bridgehead atoms. The van der Waals surface area contributed by atoms with Crippen molar-refractivity contribution in [2.24, 2.45) is 4.99 Å². The summed E-state index contributed by atoms with van der Waals surface area (Å²) in [6, 6.07) is 5.01. The fraction of sp³-hybridized carbons (Fsp3) is 0.588. The number of hydrogen-bond donors (Lipinski definition) is 2. The van der Waals surface area contributed by atoms with Gasteiger partial charge in [-0.15, -0.1) is 0 Å². The number of aliphatic imine (C=N–C) groups is 1. The molecule has 0 aliphatic carbocycles. The van der Waals surface area contributed by atoms with Crippen molar-refractivity contribution in [2.45, 2.75) is 39.0 Å². The van der Waals surface area contributed by atoms with Crippen LogP contribution in [0, 0.1) is 5.82 Å². The van der Waals surface area contributed by atoms with Crippen LogP contribution in [0.25, 0.3) is 0 Å². The summed E-state index contributed by atoms with van der Waals surface area (Å²) in [5.41, 5.74) is 1.50. The van der Waals surface area contributed by atoms with Crippen LogP contribution in [0.4, 0.5) is 4.39 Å². The zero-order valence-corrected chi connectivity index (χ0v) is 13.9. The van der Waals surface area contributed by atoms with Gasteiger partial charge in [0.1, 0.15) is 5.82 Å². The topological polar surface area (TPSA) is 54.9 Å². The van der Waals surface area contributed by atoms with Crippen LogP contribution in [-0.4, -0.2) is 38.9 Å². The molecular formula is C17H26FN3O2. The number of rotatable bonds is 7. The van der Waals surface area contributed by atoms with E-state index in [2.05, 4.69) is 15.6 Å². The van der Waals surface area contributed by atoms with Crippen LogP contribution in [0.15, 0.2) is 23.2 Å². The lowest BCUT2D eigenvalue weighted by Crippen LogP contribution is -2.41. The van der Waals surface area contributed by atoms with E-state index >= 15 is 0 Å². The molecule has 0 amide bonds. The molecule has 6 heteroatoms. The Balaban J connectivity index is 1.94. The highest BCUT2D eigenvalue weighted by atomic mass is 19.1. The third-order valence-electron chi connectivity index (χ3n) is 3.70. The second kappa shape index (κ2) is 9.47. The van der Waals surface area contributed by atoms with Gasteiger partial charge in [0.15, 0.2) is 5.96 Å². The van der Waals surface area contributed by atoms with E-state index in [9.17, 15) is 4.39 Å². The predicted octanol–water partition coefficient (Wildman–Crippen LogP) is 2.21. The van der Waals surface area contributed by atoms with Gasteiger partial charge in [0.25, 0.3) is 0 Å². The van der Waals surface area contributed by atoms with Gasteiger partial charge >= 0.3 is 0 Å². The van der Waals surface area contributed by atoms with Gasteiger partial charge in [-0.2, -0.15) is 0 Å². The van der Waals surface area contributed by atoms with Gasteiger partial charge in [-0.1, -0.05) is 6.07 Å². The summed E-state index contributed by atoms with van der Waals surface area (Å²) >= 11 is 0. The fourth-order valence-corrected chi connectivity index (χ4v) is 2.52. The fourth-order valence-electron chi connectivity index (χ4n) is 2.52. The van der Waals surface area contributed by atoms with E-state index < -0.39 is 0 Å². The van der Waals surface area contributed by atoms with Gasteiger partial charge in [-0.3, -0.25) is 0 Å². The summed E-state index contributed by atoms with van der Waals surface area (Å²) < 4.78 is 24.2. The lowest BCUT2D eigenvalue weighted by molar-refractivity contribution is 0.114. The Labute approximate surface area is 137 Å². The van der Waals surface area contributed by atoms with Crippen LogP contribution < -0.4 is 10.6 Å². The Morgan fingerprint density at radius 3 is 3.00 bits per heavy atom. The number of nitrogens with one attached hydrogen (secondary N) is 2. The number of ether oxygens (including phenoxy) is 2. The lowest BCUT2D eigenvalue weighted by Gasteiger charge is -2.15. The molecule has 1 saturated heterocycles. The molecule has 23 heavy (non-hydrogen) atoms. The number of hydrogen-bond acceptors (Lipinski definition) is 3. The predicted molar refractivity (Wildman–Crippen MR) is 88.9 cm³/mol. The van der Waals surface area contributed by atoms with Crippen molar-refractivity contribution in [2.75, 3.05) is 26.8 Å². The number of guanidine groups is 1. The normalized spacial score (nSPS) is 18.2. The Morgan fingerprint density at radius 2 is 2.30 bits per heavy atom. The third kappa shape index (κ3) is 5.80. The summed E-state index contributed by atoms with van der Waals surface area (Å²) in [5.74, 6) is 0.503. The molecule has 5 nitrogen and oxygen atoms in total. The van der Waals surface area contributed by atoms with Crippen LogP contribution >= 0.6 is 0 Å². The molecule has 1 aromatic carbocycles. The molecule has 1 unspecified atom stereocenters. The largest absolute Gasteiger partial charge is 0.380 e. The molecule has 1 atom stereocenters. The van der Waals surface area contributed by atoms with Crippen LogP contribution in [-0.2, 0) is 22.6 Å². The molecular weight excluding hydrogens is 297 g/mol. The van der Waals surface area contributed by atoms with Crippen molar-refractivity contribution in [3.05, 3.63) is 35.1 Å². The van der Waals surface area contributed by atoms with E-state index in [4.69, 9.17) is 9.47 Å². The van der Waals surface area contributed by atoms with Gasteiger partial charge < -0.3 is 20.1 Å². The second-order valence-electron chi connectivity index (χ2n) is 5.57. The van der Waals surface area contributed by atoms with Crippen molar-refractivity contribution in [3.8, 4) is 0 Å². The molecule has 1 aromatic rings. The first-order chi connectivity index (χ1) is 11.2. The van der Waals surface area contributed by atoms with E-state index in [1.54, 1.807) is 19.2 Å². The molecule has 2 N–H and O–H groups in total. The minimum absolute atomic E-state index is 0.247. The lowest BCUT2D eigenvalue weighted by atomic mass is 10.1. The molecule has 0 spiro atoms. The Hall–Kier alpha value is -1.66. The maximum Gasteiger partial charge on any atom is 0.191 e. The highest BCUT2D eigenvalue weighted by Gasteiger charge is 2.15. The van der Waals surface area contributed by atoms with E-state index in [1.165, 1.54) is 6.07 Å². The Morgan fingerprint density at radius 1 is 1.43 bits per heavy atom. The summed E-state index contributed by atoms with van der Waals surface area (Å²) in [6.45, 7) is 5.16. The second-order valence-corrected chi connectivity index (χ2v) is 5.57. The molecule has 1 aliphatic rings. The molecule has 0 saturated carbocycles. The minimum atomic E-state index is -0.247. The standard InChI is InChI=1S/C17H26FN3O2/c1-3-19-17(21-11-15-5-4-8-23-15)20-10-13-6-7-16(18)14(9-13)12-22-2/h6-7,9,15H,3-5,8,10-12H2,1-2H3,(H2,19,20,21). The average molecular weight is 323 g/mol. The van der Waals surface area contributed by atoms with Gasteiger partial charge in [-0.05, 0) is 37.5 Å². The van der Waals surface area contributed by atoms with Crippen molar-refractivity contribution >= 4 is 5.96 Å². The maximum absolute atomic E-state index is 13.6. The SMILES string of the molecule is CCNC(=NCc1ccc(F)c(COC)c1)NCC1CCCO1. The van der Waals surface area contributed by atoms with Gasteiger partial charge in [0.05, 0.1) is 19.3 Å². The van der Waals surface area contributed by atoms with Crippen LogP contribution in [0.5, 0.6) is 0 Å². The monoisotopic (exact) mass is 323 g/mol. The summed E-state index contributed by atoms with van der Waals surface area (Å²) in [4.78, 5) is 4.55. The van der Waals surface area contributed by atoms with Gasteiger partial charge in [-0.25, -0.2) is 9.38 Å². The van der Waals surface area contributed by atoms with Crippen molar-refractivity contribution < 1.29 is 13.9 Å². The van der Waals surface area contributed by atoms with Crippen molar-refractivity contribution in [1.29, 1.82) is 0 Å². The van der Waals surface area contributed by atoms with Gasteiger partial charge in [0, 0.05) is 32.4 Å². The average Bonchev–Trinajstić information content (AvgIpc) is 3.06. The Bertz CT molecular complexity index is 517. The first kappa shape index (κ1) is 17.7. The van der Waals surface area contributed by atoms with Crippen LogP contribution in [0.1, 0.15) is 30.9 Å². The molecule has 1 heterocycles. The number of halogens is 1. The highest BCUT2D eigenvalue weighted by Crippen LogP contribution is 2.13. The number of methoxy groups -OCH3 is 1. The number of nitrogens with zero attached hydrogens (tertiary/aromatic N) is 1. The third-order valence-corrected chi connectivity index (χ3v) is 3.70. The molecule has 128 valence electrons.